The van der Waals surface area contributed by atoms with Crippen molar-refractivity contribution < 1.29 is 19.4 Å². The van der Waals surface area contributed by atoms with E-state index in [1.807, 2.05) is 13.8 Å². The molecule has 21 heavy (non-hydrogen) atoms. The number of carboxylic acid groups (broad SMARTS) is 1. The van der Waals surface area contributed by atoms with Crippen molar-refractivity contribution in [1.29, 1.82) is 0 Å². The van der Waals surface area contributed by atoms with Crippen molar-refractivity contribution in [2.45, 2.75) is 26.4 Å². The number of carbonyl (C=O) groups is 1. The summed E-state index contributed by atoms with van der Waals surface area (Å²) in [5.74, 6) is -0.342. The number of carboxylic acids is 1. The van der Waals surface area contributed by atoms with E-state index >= 15 is 0 Å². The van der Waals surface area contributed by atoms with Crippen LogP contribution in [-0.4, -0.2) is 55.4 Å². The summed E-state index contributed by atoms with van der Waals surface area (Å²) in [6.45, 7) is 7.17. The summed E-state index contributed by atoms with van der Waals surface area (Å²) >= 11 is 0. The average Bonchev–Trinajstić information content (AvgIpc) is 2.43. The first-order valence-corrected chi connectivity index (χ1v) is 7.25. The smallest absolute Gasteiger partial charge is 0.335 e. The maximum Gasteiger partial charge on any atom is 0.335 e. The van der Waals surface area contributed by atoms with E-state index in [4.69, 9.17) is 14.6 Å². The van der Waals surface area contributed by atoms with Crippen molar-refractivity contribution in [1.82, 2.24) is 4.90 Å². The van der Waals surface area contributed by atoms with Gasteiger partial charge in [0.05, 0.1) is 24.9 Å². The molecular formula is C16H25NO4. The van der Waals surface area contributed by atoms with E-state index in [-0.39, 0.29) is 11.7 Å². The van der Waals surface area contributed by atoms with Crippen molar-refractivity contribution in [2.24, 2.45) is 0 Å². The number of hydrogen-bond acceptors (Lipinski definition) is 4. The molecule has 118 valence electrons. The monoisotopic (exact) mass is 295 g/mol. The average molecular weight is 295 g/mol. The van der Waals surface area contributed by atoms with Crippen molar-refractivity contribution in [3.8, 4) is 5.75 Å². The Kier molecular flexibility index (Phi) is 7.79. The third kappa shape index (κ3) is 7.68. The standard InChI is InChI=1S/C16H25NO4/c1-13(2)20-11-9-17(3)8-5-10-21-15-7-4-6-14(12-15)16(18)19/h4,6-7,12-13H,5,8-11H2,1-3H3,(H,18,19). The SMILES string of the molecule is CC(C)OCCN(C)CCCOc1cccc(C(=O)O)c1. The van der Waals surface area contributed by atoms with E-state index in [0.29, 0.717) is 12.4 Å². The quantitative estimate of drug-likeness (QED) is 0.672. The van der Waals surface area contributed by atoms with Crippen LogP contribution in [0.4, 0.5) is 0 Å². The lowest BCUT2D eigenvalue weighted by Crippen LogP contribution is -2.26. The van der Waals surface area contributed by atoms with Gasteiger partial charge in [0, 0.05) is 13.1 Å². The second-order valence-electron chi connectivity index (χ2n) is 5.26. The van der Waals surface area contributed by atoms with Crippen LogP contribution in [0.3, 0.4) is 0 Å². The van der Waals surface area contributed by atoms with Gasteiger partial charge >= 0.3 is 5.97 Å². The Balaban J connectivity index is 2.19. The van der Waals surface area contributed by atoms with Gasteiger partial charge in [-0.05, 0) is 45.5 Å². The van der Waals surface area contributed by atoms with Gasteiger partial charge in [-0.1, -0.05) is 6.07 Å². The molecule has 5 heteroatoms. The fourth-order valence-corrected chi connectivity index (χ4v) is 1.80. The van der Waals surface area contributed by atoms with E-state index in [2.05, 4.69) is 11.9 Å². The minimum absolute atomic E-state index is 0.246. The lowest BCUT2D eigenvalue weighted by Gasteiger charge is -2.17. The van der Waals surface area contributed by atoms with Crippen LogP contribution >= 0.6 is 0 Å². The number of aromatic carboxylic acids is 1. The highest BCUT2D eigenvalue weighted by Crippen LogP contribution is 2.13. The normalized spacial score (nSPS) is 11.1. The van der Waals surface area contributed by atoms with Crippen LogP contribution in [0, 0.1) is 0 Å². The van der Waals surface area contributed by atoms with E-state index in [9.17, 15) is 4.79 Å². The van der Waals surface area contributed by atoms with Gasteiger partial charge in [-0.3, -0.25) is 0 Å². The summed E-state index contributed by atoms with van der Waals surface area (Å²) < 4.78 is 11.1. The van der Waals surface area contributed by atoms with Crippen LogP contribution in [0.15, 0.2) is 24.3 Å². The molecule has 0 aromatic heterocycles. The van der Waals surface area contributed by atoms with Crippen LogP contribution in [0.25, 0.3) is 0 Å². The fraction of sp³-hybridized carbons (Fsp3) is 0.562. The Hall–Kier alpha value is -1.59. The van der Waals surface area contributed by atoms with Gasteiger partial charge in [0.1, 0.15) is 5.75 Å². The predicted octanol–water partition coefficient (Wildman–Crippen LogP) is 2.51. The van der Waals surface area contributed by atoms with Gasteiger partial charge in [-0.2, -0.15) is 0 Å². The van der Waals surface area contributed by atoms with Gasteiger partial charge in [0.15, 0.2) is 0 Å². The van der Waals surface area contributed by atoms with Crippen LogP contribution in [0.5, 0.6) is 5.75 Å². The molecule has 1 N–H and O–H groups in total. The number of benzene rings is 1. The van der Waals surface area contributed by atoms with E-state index in [1.54, 1.807) is 24.3 Å². The van der Waals surface area contributed by atoms with Crippen LogP contribution in [0.2, 0.25) is 0 Å². The summed E-state index contributed by atoms with van der Waals surface area (Å²) in [5.41, 5.74) is 0.246. The van der Waals surface area contributed by atoms with Crippen molar-refractivity contribution in [3.05, 3.63) is 29.8 Å². The second-order valence-corrected chi connectivity index (χ2v) is 5.26. The van der Waals surface area contributed by atoms with Crippen LogP contribution in [0.1, 0.15) is 30.6 Å². The van der Waals surface area contributed by atoms with Gasteiger partial charge in [-0.25, -0.2) is 4.79 Å². The van der Waals surface area contributed by atoms with E-state index in [0.717, 1.165) is 26.1 Å². The molecular weight excluding hydrogens is 270 g/mol. The Morgan fingerprint density at radius 1 is 1.29 bits per heavy atom. The van der Waals surface area contributed by atoms with Gasteiger partial charge < -0.3 is 19.5 Å². The number of nitrogens with zero attached hydrogens (tertiary/aromatic N) is 1. The Morgan fingerprint density at radius 3 is 2.71 bits per heavy atom. The lowest BCUT2D eigenvalue weighted by atomic mass is 10.2. The molecule has 1 aromatic carbocycles. The molecule has 0 aliphatic rings. The molecule has 5 nitrogen and oxygen atoms in total. The maximum absolute atomic E-state index is 10.8. The molecule has 0 fully saturated rings. The zero-order valence-electron chi connectivity index (χ0n) is 13.0. The molecule has 0 unspecified atom stereocenters. The molecule has 0 aliphatic heterocycles. The molecule has 0 spiro atoms. The molecule has 0 bridgehead atoms. The van der Waals surface area contributed by atoms with Gasteiger partial charge in [0.25, 0.3) is 0 Å². The largest absolute Gasteiger partial charge is 0.494 e. The highest BCUT2D eigenvalue weighted by atomic mass is 16.5. The first-order chi connectivity index (χ1) is 9.99. The van der Waals surface area contributed by atoms with E-state index in [1.165, 1.54) is 0 Å². The Labute approximate surface area is 126 Å². The number of ether oxygens (including phenoxy) is 2. The molecule has 1 aromatic rings. The van der Waals surface area contributed by atoms with Gasteiger partial charge in [-0.15, -0.1) is 0 Å². The Bertz CT molecular complexity index is 434. The zero-order valence-corrected chi connectivity index (χ0v) is 13.0. The zero-order chi connectivity index (χ0) is 15.7. The van der Waals surface area contributed by atoms with Crippen LogP contribution < -0.4 is 4.74 Å². The second kappa shape index (κ2) is 9.37. The summed E-state index contributed by atoms with van der Waals surface area (Å²) in [6, 6.07) is 6.56. The first kappa shape index (κ1) is 17.5. The maximum atomic E-state index is 10.8. The third-order valence-corrected chi connectivity index (χ3v) is 2.96. The summed E-state index contributed by atoms with van der Waals surface area (Å²) in [4.78, 5) is 13.0. The lowest BCUT2D eigenvalue weighted by molar-refractivity contribution is 0.0630. The molecule has 0 aliphatic carbocycles. The van der Waals surface area contributed by atoms with Crippen molar-refractivity contribution in [3.63, 3.8) is 0 Å². The third-order valence-electron chi connectivity index (χ3n) is 2.96. The minimum atomic E-state index is -0.940. The Morgan fingerprint density at radius 2 is 2.05 bits per heavy atom. The summed E-state index contributed by atoms with van der Waals surface area (Å²) in [7, 11) is 2.05. The molecule has 0 heterocycles. The van der Waals surface area contributed by atoms with Gasteiger partial charge in [0.2, 0.25) is 0 Å². The fourth-order valence-electron chi connectivity index (χ4n) is 1.80. The summed E-state index contributed by atoms with van der Waals surface area (Å²) in [6.07, 6.45) is 1.15. The van der Waals surface area contributed by atoms with Crippen molar-refractivity contribution in [2.75, 3.05) is 33.4 Å². The predicted molar refractivity (Wildman–Crippen MR) is 82.1 cm³/mol. The molecule has 0 atom stereocenters. The number of hydrogen-bond donors (Lipinski definition) is 1. The molecule has 0 radical (unpaired) electrons. The molecule has 0 saturated carbocycles. The first-order valence-electron chi connectivity index (χ1n) is 7.25. The topological polar surface area (TPSA) is 59.0 Å². The number of rotatable bonds is 10. The highest BCUT2D eigenvalue weighted by molar-refractivity contribution is 5.87. The van der Waals surface area contributed by atoms with Crippen LogP contribution in [-0.2, 0) is 4.74 Å². The van der Waals surface area contributed by atoms with E-state index < -0.39 is 5.97 Å². The summed E-state index contributed by atoms with van der Waals surface area (Å²) in [5, 5.41) is 8.90. The molecule has 0 saturated heterocycles. The van der Waals surface area contributed by atoms with Crippen molar-refractivity contribution >= 4 is 5.97 Å². The number of likely N-dealkylation sites (N-methyl/N-ethyl adjacent to an activating group) is 1. The molecule has 1 rings (SSSR count). The molecule has 0 amide bonds. The minimum Gasteiger partial charge on any atom is -0.494 e. The highest BCUT2D eigenvalue weighted by Gasteiger charge is 2.04.